The fourth-order valence-corrected chi connectivity index (χ4v) is 1.86. The zero-order chi connectivity index (χ0) is 13.1. The Hall–Kier alpha value is -2.28. The van der Waals surface area contributed by atoms with Crippen molar-refractivity contribution in [1.82, 2.24) is 4.98 Å². The van der Waals surface area contributed by atoms with Crippen LogP contribution in [0.3, 0.4) is 0 Å². The minimum atomic E-state index is -0.625. The van der Waals surface area contributed by atoms with Crippen LogP contribution in [-0.2, 0) is 0 Å². The number of aromatic nitrogens is 1. The van der Waals surface area contributed by atoms with Crippen LogP contribution in [0.25, 0.3) is 0 Å². The fourth-order valence-electron chi connectivity index (χ4n) is 1.28. The molecular formula is C11H8N2O4S. The molecule has 0 saturated carbocycles. The molecule has 7 heteroatoms. The van der Waals surface area contributed by atoms with Crippen molar-refractivity contribution in [3.8, 4) is 5.75 Å². The number of aryl methyl sites for hydroxylation is 1. The highest BCUT2D eigenvalue weighted by atomic mass is 32.1. The molecule has 18 heavy (non-hydrogen) atoms. The molecular weight excluding hydrogens is 256 g/mol. The molecule has 0 radical (unpaired) electrons. The molecule has 0 amide bonds. The monoisotopic (exact) mass is 264 g/mol. The lowest BCUT2D eigenvalue weighted by Gasteiger charge is -2.01. The summed E-state index contributed by atoms with van der Waals surface area (Å²) in [6.07, 6.45) is 0. The van der Waals surface area contributed by atoms with Gasteiger partial charge in [-0.2, -0.15) is 0 Å². The minimum absolute atomic E-state index is 0.125. The molecule has 0 N–H and O–H groups in total. The van der Waals surface area contributed by atoms with E-state index in [0.29, 0.717) is 0 Å². The summed E-state index contributed by atoms with van der Waals surface area (Å²) < 4.78 is 5.01. The lowest BCUT2D eigenvalue weighted by atomic mass is 10.3. The number of hydrogen-bond acceptors (Lipinski definition) is 6. The largest absolute Gasteiger partial charge is 0.422 e. The summed E-state index contributed by atoms with van der Waals surface area (Å²) >= 11 is 1.33. The molecule has 0 aliphatic heterocycles. The predicted molar refractivity (Wildman–Crippen MR) is 64.9 cm³/mol. The van der Waals surface area contributed by atoms with Crippen LogP contribution in [0.15, 0.2) is 29.6 Å². The Bertz CT molecular complexity index is 609. The lowest BCUT2D eigenvalue weighted by Crippen LogP contribution is -2.09. The second-order valence-electron chi connectivity index (χ2n) is 3.40. The zero-order valence-electron chi connectivity index (χ0n) is 9.32. The highest BCUT2D eigenvalue weighted by Crippen LogP contribution is 2.20. The van der Waals surface area contributed by atoms with E-state index in [1.165, 1.54) is 35.6 Å². The highest BCUT2D eigenvalue weighted by molar-refractivity contribution is 7.09. The molecule has 0 bridgehead atoms. The van der Waals surface area contributed by atoms with Crippen molar-refractivity contribution in [1.29, 1.82) is 0 Å². The number of nitro groups is 1. The first kappa shape index (κ1) is 12.2. The van der Waals surface area contributed by atoms with Gasteiger partial charge in [0, 0.05) is 11.4 Å². The Morgan fingerprint density at radius 3 is 2.89 bits per heavy atom. The van der Waals surface area contributed by atoms with E-state index >= 15 is 0 Å². The molecule has 6 nitrogen and oxygen atoms in total. The number of carbonyl (C=O) groups excluding carboxylic acids is 1. The molecule has 1 heterocycles. The summed E-state index contributed by atoms with van der Waals surface area (Å²) in [6, 6.07) is 5.44. The molecule has 0 aliphatic rings. The number of nitro benzene ring substituents is 1. The van der Waals surface area contributed by atoms with Crippen LogP contribution in [0.1, 0.15) is 15.5 Å². The van der Waals surface area contributed by atoms with Gasteiger partial charge in [0.25, 0.3) is 5.69 Å². The fraction of sp³-hybridized carbons (Fsp3) is 0.0909. The molecule has 2 aromatic rings. The second-order valence-corrected chi connectivity index (χ2v) is 4.46. The van der Waals surface area contributed by atoms with Gasteiger partial charge < -0.3 is 4.74 Å². The third kappa shape index (κ3) is 2.69. The first-order valence-electron chi connectivity index (χ1n) is 4.95. The van der Waals surface area contributed by atoms with Gasteiger partial charge in [-0.3, -0.25) is 10.1 Å². The average Bonchev–Trinajstić information content (AvgIpc) is 2.76. The maximum Gasteiger partial charge on any atom is 0.363 e. The van der Waals surface area contributed by atoms with Crippen molar-refractivity contribution in [3.63, 3.8) is 0 Å². The molecule has 0 spiro atoms. The van der Waals surface area contributed by atoms with Crippen molar-refractivity contribution >= 4 is 23.0 Å². The Labute approximate surface area is 106 Å². The molecule has 1 aromatic heterocycles. The van der Waals surface area contributed by atoms with Crippen LogP contribution in [0.2, 0.25) is 0 Å². The standard InChI is InChI=1S/C11H8N2O4S/c1-7-12-10(6-18-7)11(14)17-9-4-2-3-8(5-9)13(15)16/h2-6H,1H3. The van der Waals surface area contributed by atoms with E-state index in [1.807, 2.05) is 0 Å². The number of benzene rings is 1. The molecule has 92 valence electrons. The number of carbonyl (C=O) groups is 1. The van der Waals surface area contributed by atoms with Gasteiger partial charge in [-0.1, -0.05) is 6.07 Å². The maximum atomic E-state index is 11.7. The van der Waals surface area contributed by atoms with Gasteiger partial charge in [0.15, 0.2) is 5.69 Å². The van der Waals surface area contributed by atoms with Crippen LogP contribution in [-0.4, -0.2) is 15.9 Å². The summed E-state index contributed by atoms with van der Waals surface area (Å²) in [7, 11) is 0. The third-order valence-electron chi connectivity index (χ3n) is 2.07. The summed E-state index contributed by atoms with van der Waals surface area (Å²) in [6.45, 7) is 1.77. The van der Waals surface area contributed by atoms with Gasteiger partial charge in [-0.25, -0.2) is 9.78 Å². The quantitative estimate of drug-likeness (QED) is 0.368. The second kappa shape index (κ2) is 4.92. The molecule has 0 saturated heterocycles. The van der Waals surface area contributed by atoms with Crippen LogP contribution in [0.5, 0.6) is 5.75 Å². The Morgan fingerprint density at radius 2 is 2.28 bits per heavy atom. The molecule has 1 aromatic carbocycles. The van der Waals surface area contributed by atoms with Crippen LogP contribution in [0, 0.1) is 17.0 Å². The molecule has 2 rings (SSSR count). The molecule has 0 atom stereocenters. The summed E-state index contributed by atoms with van der Waals surface area (Å²) in [4.78, 5) is 25.7. The number of nitrogens with zero attached hydrogens (tertiary/aromatic N) is 2. The van der Waals surface area contributed by atoms with Crippen LogP contribution >= 0.6 is 11.3 Å². The lowest BCUT2D eigenvalue weighted by molar-refractivity contribution is -0.384. The Kier molecular flexibility index (Phi) is 3.33. The molecule has 0 aliphatic carbocycles. The van der Waals surface area contributed by atoms with E-state index in [2.05, 4.69) is 4.98 Å². The highest BCUT2D eigenvalue weighted by Gasteiger charge is 2.14. The van der Waals surface area contributed by atoms with Gasteiger partial charge in [-0.05, 0) is 13.0 Å². The zero-order valence-corrected chi connectivity index (χ0v) is 10.1. The molecule has 0 fully saturated rings. The van der Waals surface area contributed by atoms with E-state index in [0.717, 1.165) is 5.01 Å². The topological polar surface area (TPSA) is 82.3 Å². The van der Waals surface area contributed by atoms with Gasteiger partial charge in [0.2, 0.25) is 0 Å². The minimum Gasteiger partial charge on any atom is -0.422 e. The van der Waals surface area contributed by atoms with Crippen molar-refractivity contribution in [2.45, 2.75) is 6.92 Å². The average molecular weight is 264 g/mol. The van der Waals surface area contributed by atoms with Gasteiger partial charge in [0.05, 0.1) is 16.0 Å². The SMILES string of the molecule is Cc1nc(C(=O)Oc2cccc([N+](=O)[O-])c2)cs1. The van der Waals surface area contributed by atoms with E-state index in [-0.39, 0.29) is 17.1 Å². The smallest absolute Gasteiger partial charge is 0.363 e. The van der Waals surface area contributed by atoms with Crippen LogP contribution in [0.4, 0.5) is 5.69 Å². The van der Waals surface area contributed by atoms with Crippen molar-refractivity contribution in [2.24, 2.45) is 0 Å². The number of hydrogen-bond donors (Lipinski definition) is 0. The van der Waals surface area contributed by atoms with E-state index < -0.39 is 10.9 Å². The Morgan fingerprint density at radius 1 is 1.50 bits per heavy atom. The number of thiazole rings is 1. The summed E-state index contributed by atoms with van der Waals surface area (Å²) in [5, 5.41) is 12.9. The number of esters is 1. The van der Waals surface area contributed by atoms with Gasteiger partial charge in [-0.15, -0.1) is 11.3 Å². The third-order valence-corrected chi connectivity index (χ3v) is 2.84. The van der Waals surface area contributed by atoms with Crippen LogP contribution < -0.4 is 4.74 Å². The van der Waals surface area contributed by atoms with Crippen molar-refractivity contribution in [3.05, 3.63) is 50.5 Å². The number of non-ortho nitro benzene ring substituents is 1. The van der Waals surface area contributed by atoms with E-state index in [1.54, 1.807) is 12.3 Å². The normalized spacial score (nSPS) is 10.1. The predicted octanol–water partition coefficient (Wildman–Crippen LogP) is 2.58. The number of ether oxygens (including phenoxy) is 1. The molecule has 0 unspecified atom stereocenters. The van der Waals surface area contributed by atoms with E-state index in [4.69, 9.17) is 4.74 Å². The van der Waals surface area contributed by atoms with Crippen molar-refractivity contribution in [2.75, 3.05) is 0 Å². The Balaban J connectivity index is 2.16. The van der Waals surface area contributed by atoms with Gasteiger partial charge in [0.1, 0.15) is 5.75 Å². The first-order valence-corrected chi connectivity index (χ1v) is 5.83. The van der Waals surface area contributed by atoms with E-state index in [9.17, 15) is 14.9 Å². The first-order chi connectivity index (χ1) is 8.56. The van der Waals surface area contributed by atoms with Gasteiger partial charge >= 0.3 is 5.97 Å². The summed E-state index contributed by atoms with van der Waals surface area (Å²) in [5.74, 6) is -0.500. The number of rotatable bonds is 3. The summed E-state index contributed by atoms with van der Waals surface area (Å²) in [5.41, 5.74) is 0.0683. The van der Waals surface area contributed by atoms with Crippen molar-refractivity contribution < 1.29 is 14.5 Å². The maximum absolute atomic E-state index is 11.7.